The van der Waals surface area contributed by atoms with Gasteiger partial charge in [0.05, 0.1) is 27.8 Å². The van der Waals surface area contributed by atoms with E-state index in [9.17, 15) is 0 Å². The Labute approximate surface area is 389 Å². The van der Waals surface area contributed by atoms with Crippen LogP contribution in [0.2, 0.25) is 0 Å². The molecule has 15 rings (SSSR count). The van der Waals surface area contributed by atoms with E-state index in [0.29, 0.717) is 17.6 Å². The van der Waals surface area contributed by atoms with E-state index >= 15 is 0 Å². The fourth-order valence-corrected chi connectivity index (χ4v) is 11.4. The van der Waals surface area contributed by atoms with Gasteiger partial charge in [-0.2, -0.15) is 9.97 Å². The highest BCUT2D eigenvalue weighted by atomic mass is 15.2. The average Bonchev–Trinajstić information content (AvgIpc) is 3.94. The summed E-state index contributed by atoms with van der Waals surface area (Å²) in [5.74, 6) is 1.78. The third kappa shape index (κ3) is 5.18. The Balaban J connectivity index is 1.08. The second-order valence-corrected chi connectivity index (χ2v) is 17.9. The minimum atomic E-state index is 0.558. The average molecular weight is 864 g/mol. The highest BCUT2D eigenvalue weighted by Crippen LogP contribution is 2.45. The molecule has 0 aliphatic rings. The molecule has 5 nitrogen and oxygen atoms in total. The molecular formula is C63H37N5. The van der Waals surface area contributed by atoms with Crippen molar-refractivity contribution in [3.63, 3.8) is 0 Å². The molecule has 12 aromatic carbocycles. The van der Waals surface area contributed by atoms with Crippen LogP contribution in [0.3, 0.4) is 0 Å². The van der Waals surface area contributed by atoms with Gasteiger partial charge in [0.1, 0.15) is 0 Å². The highest BCUT2D eigenvalue weighted by Gasteiger charge is 2.25. The van der Waals surface area contributed by atoms with Gasteiger partial charge < -0.3 is 4.57 Å². The van der Waals surface area contributed by atoms with Crippen LogP contribution in [-0.2, 0) is 0 Å². The van der Waals surface area contributed by atoms with Crippen LogP contribution in [0.1, 0.15) is 0 Å². The maximum Gasteiger partial charge on any atom is 0.238 e. The topological polar surface area (TPSA) is 48.5 Å². The van der Waals surface area contributed by atoms with Crippen molar-refractivity contribution in [1.82, 2.24) is 24.1 Å². The fraction of sp³-hybridized carbons (Fsp3) is 0. The van der Waals surface area contributed by atoms with E-state index in [1.165, 1.54) is 70.0 Å². The Bertz CT molecular complexity index is 4540. The van der Waals surface area contributed by atoms with Gasteiger partial charge in [-0.05, 0) is 83.5 Å². The lowest BCUT2D eigenvalue weighted by Gasteiger charge is -2.17. The SMILES string of the molecule is c1ccc(-c2nc(-c3ccc4c5ccccc5c5ccccc5c4c3)nc(-n3c4ccccc4c4ccc5c6ccccc6n(-c6cccc7c8ccccc8c8ccccc8c67)c5c43)n2)cc1. The Morgan fingerprint density at radius 2 is 0.647 bits per heavy atom. The van der Waals surface area contributed by atoms with E-state index in [4.69, 9.17) is 15.0 Å². The molecule has 3 aromatic heterocycles. The van der Waals surface area contributed by atoms with Crippen molar-refractivity contribution in [2.24, 2.45) is 0 Å². The molecule has 0 saturated heterocycles. The molecule has 0 aliphatic carbocycles. The summed E-state index contributed by atoms with van der Waals surface area (Å²) in [7, 11) is 0. The van der Waals surface area contributed by atoms with Crippen LogP contribution in [0.5, 0.6) is 0 Å². The first kappa shape index (κ1) is 37.1. The molecule has 0 fully saturated rings. The van der Waals surface area contributed by atoms with Gasteiger partial charge in [0.2, 0.25) is 5.95 Å². The maximum absolute atomic E-state index is 5.54. The van der Waals surface area contributed by atoms with Gasteiger partial charge >= 0.3 is 0 Å². The van der Waals surface area contributed by atoms with Gasteiger partial charge in [-0.15, -0.1) is 0 Å². The first-order chi connectivity index (χ1) is 33.8. The standard InChI is InChI=1S/C63H37N5/c1-2-17-38(18-3-1)61-64-62(39-33-34-47-42-21-5-4-19-40(42)41-20-7-9-25-46(41)54(47)37-39)66-63(65-61)68-56-31-15-13-27-49(56)53-36-35-52-48-26-12-14-30-55(48)67(59(52)60(53)68)57-32-16-29-51-45-23-8-6-22-43(45)44-24-10-11-28-50(44)58(51)57/h1-37H. The van der Waals surface area contributed by atoms with Gasteiger partial charge in [0, 0.05) is 38.1 Å². The normalized spacial score (nSPS) is 12.1. The van der Waals surface area contributed by atoms with E-state index in [2.05, 4.69) is 215 Å². The molecule has 3 heterocycles. The molecule has 68 heavy (non-hydrogen) atoms. The van der Waals surface area contributed by atoms with Crippen molar-refractivity contribution >= 4 is 108 Å². The fourth-order valence-electron chi connectivity index (χ4n) is 11.4. The molecule has 314 valence electrons. The van der Waals surface area contributed by atoms with Crippen molar-refractivity contribution < 1.29 is 0 Å². The van der Waals surface area contributed by atoms with E-state index in [1.807, 2.05) is 18.2 Å². The van der Waals surface area contributed by atoms with E-state index in [-0.39, 0.29) is 0 Å². The van der Waals surface area contributed by atoms with Crippen LogP contribution < -0.4 is 0 Å². The lowest BCUT2D eigenvalue weighted by atomic mass is 9.93. The third-order valence-corrected chi connectivity index (χ3v) is 14.3. The summed E-state index contributed by atoms with van der Waals surface area (Å²) < 4.78 is 4.80. The molecule has 0 bridgehead atoms. The smallest absolute Gasteiger partial charge is 0.238 e. The number of benzene rings is 12. The summed E-state index contributed by atoms with van der Waals surface area (Å²) in [6.07, 6.45) is 0. The summed E-state index contributed by atoms with van der Waals surface area (Å²) in [6.45, 7) is 0. The van der Waals surface area contributed by atoms with Crippen LogP contribution in [-0.4, -0.2) is 24.1 Å². The molecule has 15 aromatic rings. The van der Waals surface area contributed by atoms with Crippen molar-refractivity contribution in [3.05, 3.63) is 224 Å². The lowest BCUT2D eigenvalue weighted by Crippen LogP contribution is -2.07. The minimum absolute atomic E-state index is 0.558. The Kier molecular flexibility index (Phi) is 7.72. The molecule has 0 spiro atoms. The lowest BCUT2D eigenvalue weighted by molar-refractivity contribution is 0.954. The number of nitrogens with zero attached hydrogens (tertiary/aromatic N) is 5. The number of para-hydroxylation sites is 2. The monoisotopic (exact) mass is 863 g/mol. The van der Waals surface area contributed by atoms with E-state index < -0.39 is 0 Å². The Hall–Kier alpha value is -9.19. The molecule has 0 aliphatic heterocycles. The van der Waals surface area contributed by atoms with Gasteiger partial charge in [0.15, 0.2) is 11.6 Å². The van der Waals surface area contributed by atoms with E-state index in [0.717, 1.165) is 55.0 Å². The van der Waals surface area contributed by atoms with Crippen LogP contribution in [0, 0.1) is 0 Å². The molecule has 0 atom stereocenters. The molecule has 0 radical (unpaired) electrons. The van der Waals surface area contributed by atoms with Gasteiger partial charge in [0.25, 0.3) is 0 Å². The molecular weight excluding hydrogens is 827 g/mol. The van der Waals surface area contributed by atoms with E-state index in [1.54, 1.807) is 0 Å². The largest absolute Gasteiger partial charge is 0.307 e. The molecule has 0 saturated carbocycles. The number of rotatable bonds is 4. The zero-order valence-electron chi connectivity index (χ0n) is 36.6. The summed E-state index contributed by atoms with van der Waals surface area (Å²) in [5, 5.41) is 19.3. The molecule has 0 N–H and O–H groups in total. The number of aromatic nitrogens is 5. The second-order valence-electron chi connectivity index (χ2n) is 17.9. The number of hydrogen-bond acceptors (Lipinski definition) is 3. The predicted octanol–water partition coefficient (Wildman–Crippen LogP) is 16.3. The summed E-state index contributed by atoms with van der Waals surface area (Å²) in [4.78, 5) is 16.3. The van der Waals surface area contributed by atoms with Crippen molar-refractivity contribution in [2.75, 3.05) is 0 Å². The minimum Gasteiger partial charge on any atom is -0.307 e. The van der Waals surface area contributed by atoms with Crippen molar-refractivity contribution in [3.8, 4) is 34.4 Å². The molecule has 0 unspecified atom stereocenters. The first-order valence-electron chi connectivity index (χ1n) is 23.2. The Morgan fingerprint density at radius 1 is 0.250 bits per heavy atom. The van der Waals surface area contributed by atoms with Gasteiger partial charge in [-0.1, -0.05) is 200 Å². The van der Waals surface area contributed by atoms with Gasteiger partial charge in [-0.3, -0.25) is 4.57 Å². The first-order valence-corrected chi connectivity index (χ1v) is 23.2. The van der Waals surface area contributed by atoms with Crippen molar-refractivity contribution in [2.45, 2.75) is 0 Å². The third-order valence-electron chi connectivity index (χ3n) is 14.3. The molecule has 5 heteroatoms. The van der Waals surface area contributed by atoms with Crippen LogP contribution >= 0.6 is 0 Å². The zero-order chi connectivity index (χ0) is 44.5. The van der Waals surface area contributed by atoms with Crippen LogP contribution in [0.4, 0.5) is 0 Å². The zero-order valence-corrected chi connectivity index (χ0v) is 36.6. The second kappa shape index (κ2) is 14.2. The Morgan fingerprint density at radius 3 is 1.22 bits per heavy atom. The summed E-state index contributed by atoms with van der Waals surface area (Å²) in [6, 6.07) is 81.0. The van der Waals surface area contributed by atoms with Crippen LogP contribution in [0.15, 0.2) is 224 Å². The summed E-state index contributed by atoms with van der Waals surface area (Å²) >= 11 is 0. The van der Waals surface area contributed by atoms with Gasteiger partial charge in [-0.25, -0.2) is 4.98 Å². The summed E-state index contributed by atoms with van der Waals surface area (Å²) in [5.41, 5.74) is 7.25. The maximum atomic E-state index is 5.54. The predicted molar refractivity (Wildman–Crippen MR) is 284 cm³/mol. The highest BCUT2D eigenvalue weighted by molar-refractivity contribution is 6.30. The quantitative estimate of drug-likeness (QED) is 0.166. The van der Waals surface area contributed by atoms with Crippen molar-refractivity contribution in [1.29, 1.82) is 0 Å². The molecule has 0 amide bonds. The number of hydrogen-bond donors (Lipinski definition) is 0. The van der Waals surface area contributed by atoms with Crippen LogP contribution in [0.25, 0.3) is 143 Å². The number of fused-ring (bicyclic) bond motifs is 19.